The van der Waals surface area contributed by atoms with Crippen LogP contribution in [-0.4, -0.2) is 45.8 Å². The molecule has 1 saturated heterocycles. The minimum Gasteiger partial charge on any atom is -0.329 e. The van der Waals surface area contributed by atoms with E-state index in [1.54, 1.807) is 24.1 Å². The maximum atomic E-state index is 14.6. The maximum Gasteiger partial charge on any atom is 0.257 e. The van der Waals surface area contributed by atoms with Gasteiger partial charge in [-0.05, 0) is 30.2 Å². The third-order valence-electron chi connectivity index (χ3n) is 5.92. The van der Waals surface area contributed by atoms with E-state index in [1.807, 2.05) is 36.4 Å². The number of halogens is 2. The van der Waals surface area contributed by atoms with Gasteiger partial charge in [0.1, 0.15) is 5.82 Å². The summed E-state index contributed by atoms with van der Waals surface area (Å²) in [6.45, 7) is 1.80. The summed E-state index contributed by atoms with van der Waals surface area (Å²) < 4.78 is 29.2. The Morgan fingerprint density at radius 1 is 1.16 bits per heavy atom. The van der Waals surface area contributed by atoms with Crippen molar-refractivity contribution in [2.75, 3.05) is 18.4 Å². The number of hydrogen-bond donors (Lipinski definition) is 2. The molecule has 4 rings (SSSR count). The van der Waals surface area contributed by atoms with Crippen LogP contribution >= 0.6 is 0 Å². The van der Waals surface area contributed by atoms with Crippen LogP contribution in [0.1, 0.15) is 24.8 Å². The molecular formula is C24H24F2N4O2. The third-order valence-corrected chi connectivity index (χ3v) is 5.92. The summed E-state index contributed by atoms with van der Waals surface area (Å²) in [4.78, 5) is 32.6. The minimum atomic E-state index is -2.92. The predicted octanol–water partition coefficient (Wildman–Crippen LogP) is 3.89. The van der Waals surface area contributed by atoms with E-state index in [9.17, 15) is 18.4 Å². The molecule has 8 heteroatoms. The summed E-state index contributed by atoms with van der Waals surface area (Å²) in [5.41, 5.74) is 1.96. The summed E-state index contributed by atoms with van der Waals surface area (Å²) in [5.74, 6) is -3.93. The van der Waals surface area contributed by atoms with Crippen LogP contribution in [-0.2, 0) is 4.79 Å². The highest BCUT2D eigenvalue weighted by atomic mass is 19.3. The Balaban J connectivity index is 1.43. The van der Waals surface area contributed by atoms with Gasteiger partial charge in [0, 0.05) is 43.5 Å². The lowest BCUT2D eigenvalue weighted by Crippen LogP contribution is -2.52. The Morgan fingerprint density at radius 2 is 1.94 bits per heavy atom. The third kappa shape index (κ3) is 4.75. The van der Waals surface area contributed by atoms with Crippen LogP contribution in [0.15, 0.2) is 71.8 Å². The summed E-state index contributed by atoms with van der Waals surface area (Å²) >= 11 is 0. The van der Waals surface area contributed by atoms with Crippen molar-refractivity contribution in [3.05, 3.63) is 82.9 Å². The number of nitrogens with one attached hydrogen (secondary N) is 2. The van der Waals surface area contributed by atoms with E-state index in [2.05, 4.69) is 15.3 Å². The highest BCUT2D eigenvalue weighted by Gasteiger charge is 2.46. The number of amides is 1. The molecule has 0 spiro atoms. The van der Waals surface area contributed by atoms with Crippen molar-refractivity contribution in [3.8, 4) is 11.1 Å². The van der Waals surface area contributed by atoms with Crippen LogP contribution < -0.4 is 10.9 Å². The topological polar surface area (TPSA) is 78.1 Å². The molecule has 1 aliphatic heterocycles. The molecule has 2 N–H and O–H groups in total. The van der Waals surface area contributed by atoms with Gasteiger partial charge in [-0.25, -0.2) is 13.8 Å². The number of alkyl halides is 2. The number of H-pyrrole nitrogens is 1. The van der Waals surface area contributed by atoms with Gasteiger partial charge in [0.15, 0.2) is 0 Å². The molecule has 166 valence electrons. The highest BCUT2D eigenvalue weighted by molar-refractivity contribution is 5.93. The van der Waals surface area contributed by atoms with E-state index in [4.69, 9.17) is 0 Å². The second-order valence-corrected chi connectivity index (χ2v) is 8.01. The van der Waals surface area contributed by atoms with Gasteiger partial charge in [-0.3, -0.25) is 14.5 Å². The molecule has 1 aliphatic rings. The van der Waals surface area contributed by atoms with E-state index in [-0.39, 0.29) is 31.0 Å². The van der Waals surface area contributed by atoms with Crippen molar-refractivity contribution in [3.63, 3.8) is 0 Å². The first-order valence-corrected chi connectivity index (χ1v) is 10.5. The van der Waals surface area contributed by atoms with E-state index in [0.29, 0.717) is 11.4 Å². The number of pyridine rings is 2. The molecule has 1 aromatic carbocycles. The number of piperidine rings is 1. The zero-order chi connectivity index (χ0) is 22.7. The van der Waals surface area contributed by atoms with Crippen molar-refractivity contribution in [1.82, 2.24) is 14.9 Å². The molecule has 0 unspecified atom stereocenters. The van der Waals surface area contributed by atoms with Gasteiger partial charge in [0.25, 0.3) is 5.92 Å². The largest absolute Gasteiger partial charge is 0.329 e. The molecule has 0 radical (unpaired) electrons. The predicted molar refractivity (Wildman–Crippen MR) is 119 cm³/mol. The zero-order valence-electron chi connectivity index (χ0n) is 17.6. The smallest absolute Gasteiger partial charge is 0.257 e. The first kappa shape index (κ1) is 21.8. The number of carbonyl (C=O) groups is 1. The van der Waals surface area contributed by atoms with Gasteiger partial charge in [-0.1, -0.05) is 36.4 Å². The van der Waals surface area contributed by atoms with E-state index >= 15 is 0 Å². The Hall–Kier alpha value is -3.39. The van der Waals surface area contributed by atoms with E-state index in [0.717, 1.165) is 11.1 Å². The monoisotopic (exact) mass is 438 g/mol. The highest BCUT2D eigenvalue weighted by Crippen LogP contribution is 2.40. The van der Waals surface area contributed by atoms with E-state index < -0.39 is 17.9 Å². The summed E-state index contributed by atoms with van der Waals surface area (Å²) in [6.07, 6.45) is 2.65. The molecule has 1 amide bonds. The number of nitrogens with zero attached hydrogens (tertiary/aromatic N) is 2. The Labute approximate surface area is 184 Å². The lowest BCUT2D eigenvalue weighted by molar-refractivity contribution is -0.125. The van der Waals surface area contributed by atoms with Gasteiger partial charge >= 0.3 is 0 Å². The van der Waals surface area contributed by atoms with Crippen LogP contribution in [0.2, 0.25) is 0 Å². The Morgan fingerprint density at radius 3 is 2.59 bits per heavy atom. The van der Waals surface area contributed by atoms with Crippen molar-refractivity contribution in [2.24, 2.45) is 0 Å². The Bertz CT molecular complexity index is 1110. The molecule has 3 aromatic rings. The summed E-state index contributed by atoms with van der Waals surface area (Å²) in [5, 5.41) is 2.77. The fourth-order valence-electron chi connectivity index (χ4n) is 3.93. The number of hydrogen-bond acceptors (Lipinski definition) is 4. The molecule has 1 fully saturated rings. The number of aromatic nitrogens is 2. The molecule has 2 atom stereocenters. The van der Waals surface area contributed by atoms with Crippen molar-refractivity contribution in [1.29, 1.82) is 0 Å². The van der Waals surface area contributed by atoms with Crippen LogP contribution in [0.3, 0.4) is 0 Å². The number of benzene rings is 1. The zero-order valence-corrected chi connectivity index (χ0v) is 17.6. The second-order valence-electron chi connectivity index (χ2n) is 8.01. The van der Waals surface area contributed by atoms with Crippen LogP contribution in [0, 0.1) is 0 Å². The van der Waals surface area contributed by atoms with Crippen LogP contribution in [0.4, 0.5) is 14.6 Å². The second kappa shape index (κ2) is 9.00. The molecule has 32 heavy (non-hydrogen) atoms. The molecule has 0 saturated carbocycles. The molecule has 2 aromatic heterocycles. The number of anilines is 1. The summed E-state index contributed by atoms with van der Waals surface area (Å²) in [6, 6.07) is 15.4. The SMILES string of the molecule is C[C@@H](C(=O)Nc1ccc(-c2ccccc2)cn1)N1CCC(F)(F)[C@@H](c2ccc(=O)[nH]c2)C1. The lowest BCUT2D eigenvalue weighted by Gasteiger charge is -2.40. The molecule has 6 nitrogen and oxygen atoms in total. The van der Waals surface area contributed by atoms with Gasteiger partial charge in [-0.2, -0.15) is 0 Å². The fraction of sp³-hybridized carbons (Fsp3) is 0.292. The lowest BCUT2D eigenvalue weighted by atomic mass is 9.87. The van der Waals surface area contributed by atoms with Crippen molar-refractivity contribution >= 4 is 11.7 Å². The van der Waals surface area contributed by atoms with Crippen LogP contribution in [0.5, 0.6) is 0 Å². The normalized spacial score (nSPS) is 19.3. The van der Waals surface area contributed by atoms with Crippen LogP contribution in [0.25, 0.3) is 11.1 Å². The maximum absolute atomic E-state index is 14.6. The number of rotatable bonds is 5. The van der Waals surface area contributed by atoms with Gasteiger partial charge in [-0.15, -0.1) is 0 Å². The van der Waals surface area contributed by atoms with E-state index in [1.165, 1.54) is 18.3 Å². The van der Waals surface area contributed by atoms with Gasteiger partial charge < -0.3 is 10.3 Å². The fourth-order valence-corrected chi connectivity index (χ4v) is 3.93. The van der Waals surface area contributed by atoms with Gasteiger partial charge in [0.05, 0.1) is 12.0 Å². The molecule has 0 bridgehead atoms. The minimum absolute atomic E-state index is 0.00794. The summed E-state index contributed by atoms with van der Waals surface area (Å²) in [7, 11) is 0. The molecular weight excluding hydrogens is 414 g/mol. The number of aromatic amines is 1. The molecule has 3 heterocycles. The quantitative estimate of drug-likeness (QED) is 0.634. The number of carbonyl (C=O) groups excluding carboxylic acids is 1. The first-order chi connectivity index (χ1) is 15.3. The molecule has 0 aliphatic carbocycles. The van der Waals surface area contributed by atoms with Crippen molar-refractivity contribution in [2.45, 2.75) is 31.2 Å². The average molecular weight is 438 g/mol. The van der Waals surface area contributed by atoms with Gasteiger partial charge in [0.2, 0.25) is 11.5 Å². The standard InChI is InChI=1S/C24H24F2N4O2/c1-16(23(32)29-21-9-7-18(13-27-21)17-5-3-2-4-6-17)30-12-11-24(25,26)20(15-30)19-8-10-22(31)28-14-19/h2-10,13-14,16,20H,11-12,15H2,1H3,(H,28,31)(H,27,29,32)/t16-,20+/m0/s1. The average Bonchev–Trinajstić information content (AvgIpc) is 2.80. The van der Waals surface area contributed by atoms with Crippen molar-refractivity contribution < 1.29 is 13.6 Å². The number of likely N-dealkylation sites (tertiary alicyclic amines) is 1. The first-order valence-electron chi connectivity index (χ1n) is 10.5. The Kier molecular flexibility index (Phi) is 6.14.